The van der Waals surface area contributed by atoms with Crippen molar-refractivity contribution in [1.29, 1.82) is 0 Å². The third-order valence-corrected chi connectivity index (χ3v) is 3.15. The number of amides is 4. The zero-order chi connectivity index (χ0) is 15.6. The molecule has 4 amide bonds. The van der Waals surface area contributed by atoms with Gasteiger partial charge in [-0.2, -0.15) is 0 Å². The van der Waals surface area contributed by atoms with Gasteiger partial charge in [-0.15, -0.1) is 0 Å². The summed E-state index contributed by atoms with van der Waals surface area (Å²) in [6.45, 7) is 3.67. The number of hydrogen-bond donors (Lipinski definition) is 1. The highest BCUT2D eigenvalue weighted by Crippen LogP contribution is 2.27. The second kappa shape index (κ2) is 5.90. The Hall–Kier alpha value is -2.44. The lowest BCUT2D eigenvalue weighted by molar-refractivity contribution is -0.134. The van der Waals surface area contributed by atoms with Gasteiger partial charge in [0.05, 0.1) is 12.3 Å². The molecule has 1 atom stereocenters. The van der Waals surface area contributed by atoms with Crippen LogP contribution in [0.4, 0.5) is 14.9 Å². The number of halogens is 1. The molecular weight excluding hydrogens is 279 g/mol. The molecule has 0 aromatic heterocycles. The van der Waals surface area contributed by atoms with Gasteiger partial charge in [0.15, 0.2) is 11.6 Å². The van der Waals surface area contributed by atoms with Crippen LogP contribution in [0.2, 0.25) is 0 Å². The van der Waals surface area contributed by atoms with Crippen LogP contribution >= 0.6 is 0 Å². The molecule has 1 aliphatic heterocycles. The third-order valence-electron chi connectivity index (χ3n) is 3.15. The molecule has 0 radical (unpaired) electrons. The lowest BCUT2D eigenvalue weighted by atomic mass is 10.0. The van der Waals surface area contributed by atoms with Gasteiger partial charge in [-0.25, -0.2) is 14.1 Å². The van der Waals surface area contributed by atoms with Crippen molar-refractivity contribution in [3.05, 3.63) is 24.0 Å². The van der Waals surface area contributed by atoms with E-state index in [1.165, 1.54) is 12.1 Å². The van der Waals surface area contributed by atoms with Crippen LogP contribution < -0.4 is 15.0 Å². The Morgan fingerprint density at radius 3 is 2.57 bits per heavy atom. The third kappa shape index (κ3) is 2.72. The highest BCUT2D eigenvalue weighted by atomic mass is 19.1. The molecule has 7 heteroatoms. The molecule has 0 saturated carbocycles. The summed E-state index contributed by atoms with van der Waals surface area (Å²) in [5.74, 6) is -2.88. The number of benzene rings is 1. The number of carbonyl (C=O) groups is 3. The number of imide groups is 2. The highest BCUT2D eigenvalue weighted by molar-refractivity contribution is 6.27. The topological polar surface area (TPSA) is 75.7 Å². The van der Waals surface area contributed by atoms with E-state index >= 15 is 0 Å². The fraction of sp³-hybridized carbons (Fsp3) is 0.357. The average molecular weight is 294 g/mol. The number of hydrogen-bond acceptors (Lipinski definition) is 4. The first-order chi connectivity index (χ1) is 9.99. The number of ether oxygens (including phenoxy) is 1. The molecule has 6 nitrogen and oxygen atoms in total. The van der Waals surface area contributed by atoms with E-state index in [9.17, 15) is 18.8 Å². The second-order valence-corrected chi connectivity index (χ2v) is 4.48. The Labute approximate surface area is 120 Å². The molecule has 112 valence electrons. The Kier molecular flexibility index (Phi) is 4.21. The summed E-state index contributed by atoms with van der Waals surface area (Å²) in [7, 11) is 0. The van der Waals surface area contributed by atoms with Crippen molar-refractivity contribution in [2.75, 3.05) is 11.5 Å². The Morgan fingerprint density at radius 2 is 2.00 bits per heavy atom. The molecule has 1 saturated heterocycles. The number of anilines is 1. The Balaban J connectivity index is 2.35. The van der Waals surface area contributed by atoms with Gasteiger partial charge in [0.2, 0.25) is 11.8 Å². The molecule has 1 fully saturated rings. The first kappa shape index (κ1) is 15.0. The molecule has 21 heavy (non-hydrogen) atoms. The van der Waals surface area contributed by atoms with Crippen LogP contribution in [-0.4, -0.2) is 24.5 Å². The number of nitrogens with one attached hydrogen (secondary N) is 1. The molecule has 0 bridgehead atoms. The van der Waals surface area contributed by atoms with E-state index in [0.29, 0.717) is 6.61 Å². The van der Waals surface area contributed by atoms with Crippen LogP contribution in [0.1, 0.15) is 20.3 Å². The van der Waals surface area contributed by atoms with Crippen LogP contribution in [0.25, 0.3) is 0 Å². The highest BCUT2D eigenvalue weighted by Gasteiger charge is 2.40. The maximum atomic E-state index is 13.8. The minimum Gasteiger partial charge on any atom is -0.491 e. The van der Waals surface area contributed by atoms with Gasteiger partial charge in [-0.3, -0.25) is 14.9 Å². The normalized spacial score (nSPS) is 18.7. The van der Waals surface area contributed by atoms with E-state index in [1.807, 2.05) is 0 Å². The zero-order valence-corrected chi connectivity index (χ0v) is 11.7. The number of nitrogens with zero attached hydrogens (tertiary/aromatic N) is 1. The van der Waals surface area contributed by atoms with Crippen molar-refractivity contribution in [3.63, 3.8) is 0 Å². The molecule has 1 heterocycles. The number of barbiturate groups is 1. The van der Waals surface area contributed by atoms with Gasteiger partial charge < -0.3 is 4.74 Å². The van der Waals surface area contributed by atoms with Crippen molar-refractivity contribution < 1.29 is 23.5 Å². The minimum atomic E-state index is -0.947. The van der Waals surface area contributed by atoms with E-state index in [0.717, 1.165) is 11.0 Å². The Morgan fingerprint density at radius 1 is 1.29 bits per heavy atom. The standard InChI is InChI=1S/C14H15FN2O4/c1-3-9-12(18)16-14(20)17(13(9)19)8-5-6-11(21-4-2)10(15)7-8/h5-7,9H,3-4H2,1-2H3,(H,16,18,20). The second-order valence-electron chi connectivity index (χ2n) is 4.48. The van der Waals surface area contributed by atoms with Crippen LogP contribution in [0.15, 0.2) is 18.2 Å². The summed E-state index contributed by atoms with van der Waals surface area (Å²) in [6.07, 6.45) is 0.258. The van der Waals surface area contributed by atoms with Crippen LogP contribution in [0, 0.1) is 11.7 Å². The molecule has 2 rings (SSSR count). The van der Waals surface area contributed by atoms with Crippen LogP contribution in [0.3, 0.4) is 0 Å². The van der Waals surface area contributed by atoms with E-state index in [-0.39, 0.29) is 17.9 Å². The molecule has 1 N–H and O–H groups in total. The summed E-state index contributed by atoms with van der Waals surface area (Å²) in [4.78, 5) is 36.3. The zero-order valence-electron chi connectivity index (χ0n) is 11.7. The van der Waals surface area contributed by atoms with Crippen molar-refractivity contribution >= 4 is 23.5 Å². The molecule has 1 unspecified atom stereocenters. The summed E-state index contributed by atoms with van der Waals surface area (Å²) < 4.78 is 18.9. The maximum absolute atomic E-state index is 13.8. The quantitative estimate of drug-likeness (QED) is 0.860. The minimum absolute atomic E-state index is 0.0363. The van der Waals surface area contributed by atoms with Gasteiger partial charge >= 0.3 is 6.03 Å². The van der Waals surface area contributed by atoms with E-state index < -0.39 is 29.6 Å². The fourth-order valence-electron chi connectivity index (χ4n) is 2.12. The Bertz CT molecular complexity index is 603. The average Bonchev–Trinajstić information content (AvgIpc) is 2.42. The molecular formula is C14H15FN2O4. The smallest absolute Gasteiger partial charge is 0.335 e. The van der Waals surface area contributed by atoms with Crippen molar-refractivity contribution in [2.24, 2.45) is 5.92 Å². The molecule has 0 spiro atoms. The van der Waals surface area contributed by atoms with E-state index in [2.05, 4.69) is 5.32 Å². The first-order valence-corrected chi connectivity index (χ1v) is 6.60. The number of carbonyl (C=O) groups excluding carboxylic acids is 3. The molecule has 0 aliphatic carbocycles. The number of rotatable bonds is 4. The van der Waals surface area contributed by atoms with Crippen molar-refractivity contribution in [3.8, 4) is 5.75 Å². The fourth-order valence-corrected chi connectivity index (χ4v) is 2.12. The predicted molar refractivity (Wildman–Crippen MR) is 72.4 cm³/mol. The first-order valence-electron chi connectivity index (χ1n) is 6.60. The SMILES string of the molecule is CCOc1ccc(N2C(=O)NC(=O)C(CC)C2=O)cc1F. The van der Waals surface area contributed by atoms with Gasteiger partial charge in [-0.1, -0.05) is 6.92 Å². The van der Waals surface area contributed by atoms with Gasteiger partial charge in [-0.05, 0) is 25.5 Å². The summed E-state index contributed by atoms with van der Waals surface area (Å²) >= 11 is 0. The molecule has 1 aliphatic rings. The van der Waals surface area contributed by atoms with Crippen LogP contribution in [-0.2, 0) is 9.59 Å². The lowest BCUT2D eigenvalue weighted by Crippen LogP contribution is -2.58. The van der Waals surface area contributed by atoms with Crippen LogP contribution in [0.5, 0.6) is 5.75 Å². The van der Waals surface area contributed by atoms with Crippen molar-refractivity contribution in [1.82, 2.24) is 5.32 Å². The van der Waals surface area contributed by atoms with Gasteiger partial charge in [0, 0.05) is 6.07 Å². The largest absolute Gasteiger partial charge is 0.491 e. The van der Waals surface area contributed by atoms with E-state index in [4.69, 9.17) is 4.74 Å². The van der Waals surface area contributed by atoms with Gasteiger partial charge in [0.1, 0.15) is 5.92 Å². The molecule has 1 aromatic carbocycles. The lowest BCUT2D eigenvalue weighted by Gasteiger charge is -2.29. The van der Waals surface area contributed by atoms with Crippen molar-refractivity contribution in [2.45, 2.75) is 20.3 Å². The summed E-state index contributed by atoms with van der Waals surface area (Å²) in [5, 5.41) is 2.09. The monoisotopic (exact) mass is 294 g/mol. The van der Waals surface area contributed by atoms with Gasteiger partial charge in [0.25, 0.3) is 0 Å². The predicted octanol–water partition coefficient (Wildman–Crippen LogP) is 1.83. The summed E-state index contributed by atoms with van der Waals surface area (Å²) in [5.41, 5.74) is 0.0596. The van der Waals surface area contributed by atoms with E-state index in [1.54, 1.807) is 13.8 Å². The maximum Gasteiger partial charge on any atom is 0.335 e. The molecule has 1 aromatic rings. The number of urea groups is 1. The summed E-state index contributed by atoms with van der Waals surface area (Å²) in [6, 6.07) is 2.89.